The Morgan fingerprint density at radius 2 is 0.417 bits per heavy atom. The Balaban J connectivity index is 2.48. The predicted molar refractivity (Wildman–Crippen MR) is 356 cm³/mol. The molecule has 0 spiro atoms. The molecule has 12 nitrogen and oxygen atoms in total. The van der Waals surface area contributed by atoms with Gasteiger partial charge in [0, 0.05) is 53.8 Å². The van der Waals surface area contributed by atoms with Gasteiger partial charge in [0.25, 0.3) is 0 Å². The number of thioether (sulfide) groups is 3. The Morgan fingerprint density at radius 1 is 0.250 bits per heavy atom. The van der Waals surface area contributed by atoms with Gasteiger partial charge in [0.15, 0.2) is 17.5 Å². The van der Waals surface area contributed by atoms with Crippen LogP contribution in [-0.2, 0) is 28.6 Å². The van der Waals surface area contributed by atoms with E-state index >= 15 is 0 Å². The molecule has 15 heteroatoms. The van der Waals surface area contributed by atoms with Crippen LogP contribution in [0.1, 0.15) is 361 Å². The van der Waals surface area contributed by atoms with Crippen molar-refractivity contribution in [1.29, 1.82) is 0 Å². The normalized spacial score (nSPS) is 11.3. The summed E-state index contributed by atoms with van der Waals surface area (Å²) in [6, 6.07) is 0. The minimum atomic E-state index is -0.419. The number of ketones is 3. The Bertz CT molecular complexity index is 1550. The first-order valence-electron chi connectivity index (χ1n) is 34.8. The predicted octanol–water partition coefficient (Wildman–Crippen LogP) is 20.0. The molecule has 1 rings (SSSR count). The van der Waals surface area contributed by atoms with Gasteiger partial charge in [-0.1, -0.05) is 271 Å². The lowest BCUT2D eigenvalue weighted by molar-refractivity contribution is -0.144. The van der Waals surface area contributed by atoms with Crippen LogP contribution in [-0.4, -0.2) is 105 Å². The molecule has 0 fully saturated rings. The van der Waals surface area contributed by atoms with Gasteiger partial charge in [-0.05, 0) is 19.3 Å². The van der Waals surface area contributed by atoms with Crippen LogP contribution in [0.3, 0.4) is 0 Å². The van der Waals surface area contributed by atoms with Crippen molar-refractivity contribution < 1.29 is 43.0 Å². The first-order valence-corrected chi connectivity index (χ1v) is 38.2. The molecule has 0 saturated carbocycles. The Labute approximate surface area is 526 Å². The van der Waals surface area contributed by atoms with Crippen LogP contribution < -0.4 is 0 Å². The van der Waals surface area contributed by atoms with Crippen molar-refractivity contribution in [2.45, 2.75) is 329 Å². The van der Waals surface area contributed by atoms with E-state index in [0.29, 0.717) is 54.3 Å². The van der Waals surface area contributed by atoms with Crippen LogP contribution in [0.25, 0.3) is 0 Å². The fraction of sp³-hybridized carbons (Fsp3) is 0.870. The fourth-order valence-electron chi connectivity index (χ4n) is 10.0. The van der Waals surface area contributed by atoms with Crippen molar-refractivity contribution in [2.24, 2.45) is 0 Å². The van der Waals surface area contributed by atoms with E-state index in [2.05, 4.69) is 35.7 Å². The molecule has 0 bridgehead atoms. The van der Waals surface area contributed by atoms with Gasteiger partial charge >= 0.3 is 17.9 Å². The molecule has 0 aromatic carbocycles. The number of ether oxygens (including phenoxy) is 3. The minimum Gasteiger partial charge on any atom is -0.466 e. The number of esters is 3. The summed E-state index contributed by atoms with van der Waals surface area (Å²) in [7, 11) is 0. The van der Waals surface area contributed by atoms with E-state index < -0.39 is 17.3 Å². The molecule has 0 unspecified atom stereocenters. The number of hydrogen-bond donors (Lipinski definition) is 0. The van der Waals surface area contributed by atoms with E-state index in [9.17, 15) is 28.8 Å². The average molecular weight is 1230 g/mol. The number of rotatable bonds is 66. The smallest absolute Gasteiger partial charge is 0.306 e. The van der Waals surface area contributed by atoms with Gasteiger partial charge in [-0.15, -0.1) is 0 Å². The summed E-state index contributed by atoms with van der Waals surface area (Å²) in [5.74, 6) is 0.0404. The van der Waals surface area contributed by atoms with Crippen molar-refractivity contribution in [2.75, 3.05) is 54.3 Å². The molecule has 84 heavy (non-hydrogen) atoms. The average Bonchev–Trinajstić information content (AvgIpc) is 3.52. The Morgan fingerprint density at radius 3 is 0.607 bits per heavy atom. The number of carbonyl (C=O) groups is 6. The van der Waals surface area contributed by atoms with E-state index in [0.717, 1.165) is 38.5 Å². The lowest BCUT2D eigenvalue weighted by Gasteiger charge is -2.08. The maximum Gasteiger partial charge on any atom is 0.306 e. The van der Waals surface area contributed by atoms with Gasteiger partial charge in [0.05, 0.1) is 39.1 Å². The summed E-state index contributed by atoms with van der Waals surface area (Å²) >= 11 is 4.36. The molecular weight excluding hydrogens is 1110 g/mol. The first-order chi connectivity index (χ1) is 41.2. The highest BCUT2D eigenvalue weighted by Gasteiger charge is 2.22. The van der Waals surface area contributed by atoms with E-state index in [1.165, 1.54) is 266 Å². The number of carbonyl (C=O) groups excluding carboxylic acids is 6. The molecule has 1 heterocycles. The highest BCUT2D eigenvalue weighted by atomic mass is 32.2. The second-order valence-corrected chi connectivity index (χ2v) is 27.0. The Hall–Kier alpha value is -2.52. The summed E-state index contributed by atoms with van der Waals surface area (Å²) in [5, 5.41) is 0. The Kier molecular flexibility index (Phi) is 58.8. The summed E-state index contributed by atoms with van der Waals surface area (Å²) in [4.78, 5) is 90.3. The minimum absolute atomic E-state index is 0.0563. The van der Waals surface area contributed by atoms with E-state index in [-0.39, 0.29) is 73.9 Å². The number of nitrogens with zero attached hydrogens (tertiary/aromatic N) is 3. The standard InChI is InChI=1S/C69H123N3O9S3/c1-4-7-10-13-16-19-22-25-28-31-34-37-40-43-52-79-64(76)49-58-82-55-46-61(73)67-70-68(62(74)47-56-83-59-50-65(77)80-53-44-41-38-35-32-29-26-23-20-17-14-11-8-5-2)72-69(71-67)63(75)48-57-84-60-51-66(78)81-54-45-42-39-36-33-30-27-24-21-18-15-12-9-6-3/h4-60H2,1-3H3. The lowest BCUT2D eigenvalue weighted by Crippen LogP contribution is -2.19. The molecule has 0 radical (unpaired) electrons. The van der Waals surface area contributed by atoms with Crippen molar-refractivity contribution in [3.8, 4) is 0 Å². The van der Waals surface area contributed by atoms with Crippen LogP contribution in [0.4, 0.5) is 0 Å². The number of Topliss-reactive ketones (excluding diaryl/α,β-unsaturated/α-hetero) is 3. The second kappa shape index (κ2) is 62.1. The van der Waals surface area contributed by atoms with Crippen LogP contribution in [0.15, 0.2) is 0 Å². The topological polar surface area (TPSA) is 169 Å². The van der Waals surface area contributed by atoms with Gasteiger partial charge in [0.2, 0.25) is 17.3 Å². The third kappa shape index (κ3) is 52.6. The molecule has 0 atom stereocenters. The van der Waals surface area contributed by atoms with E-state index in [4.69, 9.17) is 14.2 Å². The van der Waals surface area contributed by atoms with Gasteiger partial charge in [0.1, 0.15) is 0 Å². The van der Waals surface area contributed by atoms with Gasteiger partial charge < -0.3 is 14.2 Å². The summed E-state index contributed by atoms with van der Waals surface area (Å²) in [6.45, 7) is 8.08. The molecule has 0 aliphatic heterocycles. The zero-order valence-electron chi connectivity index (χ0n) is 54.0. The van der Waals surface area contributed by atoms with Crippen molar-refractivity contribution in [1.82, 2.24) is 15.0 Å². The molecule has 486 valence electrons. The highest BCUT2D eigenvalue weighted by molar-refractivity contribution is 7.99. The third-order valence-electron chi connectivity index (χ3n) is 15.4. The van der Waals surface area contributed by atoms with Crippen LogP contribution in [0.2, 0.25) is 0 Å². The monoisotopic (exact) mass is 1230 g/mol. The SMILES string of the molecule is CCCCCCCCCCCCCCCCOC(=O)CCSCCC(=O)c1nc(C(=O)CCSCCC(=O)OCCCCCCCCCCCCCCCC)nc(C(=O)CCSCCC(=O)OCCCCCCCCCCCCCCCC)n1. The first kappa shape index (κ1) is 79.5. The maximum absolute atomic E-state index is 13.5. The summed E-state index contributed by atoms with van der Waals surface area (Å²) in [5.41, 5.74) is 0. The van der Waals surface area contributed by atoms with E-state index in [1.807, 2.05) is 0 Å². The molecule has 1 aromatic heterocycles. The van der Waals surface area contributed by atoms with Crippen LogP contribution >= 0.6 is 35.3 Å². The van der Waals surface area contributed by atoms with Crippen LogP contribution in [0, 0.1) is 0 Å². The highest BCUT2D eigenvalue weighted by Crippen LogP contribution is 2.19. The zero-order chi connectivity index (χ0) is 60.9. The fourth-order valence-corrected chi connectivity index (χ4v) is 12.6. The molecule has 1 aromatic rings. The quantitative estimate of drug-likeness (QED) is 0.0261. The van der Waals surface area contributed by atoms with Gasteiger partial charge in [-0.2, -0.15) is 35.3 Å². The third-order valence-corrected chi connectivity index (χ3v) is 18.4. The number of hydrogen-bond acceptors (Lipinski definition) is 15. The summed E-state index contributed by atoms with van der Waals surface area (Å²) < 4.78 is 16.4. The van der Waals surface area contributed by atoms with Crippen molar-refractivity contribution in [3.63, 3.8) is 0 Å². The van der Waals surface area contributed by atoms with Gasteiger partial charge in [-0.3, -0.25) is 28.8 Å². The van der Waals surface area contributed by atoms with Crippen molar-refractivity contribution >= 4 is 70.5 Å². The largest absolute Gasteiger partial charge is 0.466 e. The zero-order valence-corrected chi connectivity index (χ0v) is 56.5. The molecular formula is C69H123N3O9S3. The van der Waals surface area contributed by atoms with Gasteiger partial charge in [-0.25, -0.2) is 15.0 Å². The molecule has 0 amide bonds. The van der Waals surface area contributed by atoms with Crippen molar-refractivity contribution in [3.05, 3.63) is 17.5 Å². The number of aromatic nitrogens is 3. The molecule has 0 saturated heterocycles. The molecule has 0 aliphatic rings. The second-order valence-electron chi connectivity index (χ2n) is 23.4. The van der Waals surface area contributed by atoms with E-state index in [1.54, 1.807) is 0 Å². The lowest BCUT2D eigenvalue weighted by atomic mass is 10.0. The summed E-state index contributed by atoms with van der Waals surface area (Å²) in [6.07, 6.45) is 54.3. The number of unbranched alkanes of at least 4 members (excludes halogenated alkanes) is 39. The molecule has 0 aliphatic carbocycles. The maximum atomic E-state index is 13.5. The molecule has 0 N–H and O–H groups in total. The van der Waals surface area contributed by atoms with Crippen LogP contribution in [0.5, 0.6) is 0 Å².